The Labute approximate surface area is 168 Å². The van der Waals surface area contributed by atoms with E-state index in [9.17, 15) is 9.59 Å². The molecule has 0 spiro atoms. The summed E-state index contributed by atoms with van der Waals surface area (Å²) in [6, 6.07) is 7.54. The quantitative estimate of drug-likeness (QED) is 0.263. The Morgan fingerprint density at radius 3 is 2.32 bits per heavy atom. The van der Waals surface area contributed by atoms with Crippen molar-refractivity contribution >= 4 is 17.8 Å². The Bertz CT molecular complexity index is 627. The molecule has 0 aliphatic rings. The van der Waals surface area contributed by atoms with E-state index in [4.69, 9.17) is 0 Å². The van der Waals surface area contributed by atoms with Gasteiger partial charge in [0.1, 0.15) is 0 Å². The molecule has 1 amide bonds. The highest BCUT2D eigenvalue weighted by Gasteiger charge is 2.07. The Morgan fingerprint density at radius 2 is 1.71 bits per heavy atom. The van der Waals surface area contributed by atoms with Crippen LogP contribution in [-0.2, 0) is 16.1 Å². The number of nitrogens with one attached hydrogen (secondary N) is 2. The van der Waals surface area contributed by atoms with E-state index in [1.807, 2.05) is 31.2 Å². The van der Waals surface area contributed by atoms with Gasteiger partial charge in [0.15, 0.2) is 5.96 Å². The van der Waals surface area contributed by atoms with E-state index in [1.165, 1.54) is 7.11 Å². The van der Waals surface area contributed by atoms with E-state index >= 15 is 0 Å². The number of esters is 1. The van der Waals surface area contributed by atoms with Gasteiger partial charge in [0.2, 0.25) is 0 Å². The number of methoxy groups -OCH3 is 1. The van der Waals surface area contributed by atoms with E-state index in [0.29, 0.717) is 18.5 Å². The van der Waals surface area contributed by atoms with Gasteiger partial charge in [0, 0.05) is 39.2 Å². The third kappa shape index (κ3) is 9.39. The minimum atomic E-state index is -0.140. The zero-order valence-electron chi connectivity index (χ0n) is 17.6. The van der Waals surface area contributed by atoms with Gasteiger partial charge in [-0.3, -0.25) is 9.59 Å². The molecule has 156 valence electrons. The Morgan fingerprint density at radius 1 is 1.04 bits per heavy atom. The lowest BCUT2D eigenvalue weighted by molar-refractivity contribution is -0.140. The molecular weight excluding hydrogens is 356 g/mol. The van der Waals surface area contributed by atoms with Crippen molar-refractivity contribution in [3.05, 3.63) is 35.4 Å². The number of benzene rings is 1. The van der Waals surface area contributed by atoms with Gasteiger partial charge in [0.05, 0.1) is 13.7 Å². The second kappa shape index (κ2) is 13.6. The molecule has 7 heteroatoms. The second-order valence-electron chi connectivity index (χ2n) is 6.76. The topological polar surface area (TPSA) is 83.0 Å². The Balaban J connectivity index is 2.39. The summed E-state index contributed by atoms with van der Waals surface area (Å²) >= 11 is 0. The van der Waals surface area contributed by atoms with Gasteiger partial charge in [-0.1, -0.05) is 25.0 Å². The molecule has 0 saturated heterocycles. The van der Waals surface area contributed by atoms with Gasteiger partial charge < -0.3 is 20.3 Å². The predicted octanol–water partition coefficient (Wildman–Crippen LogP) is 2.57. The maximum absolute atomic E-state index is 11.9. The summed E-state index contributed by atoms with van der Waals surface area (Å²) in [5, 5.41) is 6.57. The van der Waals surface area contributed by atoms with Crippen LogP contribution in [0.4, 0.5) is 0 Å². The molecule has 0 heterocycles. The summed E-state index contributed by atoms with van der Waals surface area (Å²) in [6.07, 6.45) is 4.46. The standard InChI is InChI=1S/C21H34N4O3/c1-5-22-21(23-15-9-7-6-8-10-19(26)28-4)24-16-17-11-13-18(14-12-17)20(27)25(2)3/h11-14H,5-10,15-16H2,1-4H3,(H2,22,23,24). The first-order valence-corrected chi connectivity index (χ1v) is 9.87. The highest BCUT2D eigenvalue weighted by molar-refractivity contribution is 5.93. The molecule has 7 nitrogen and oxygen atoms in total. The van der Waals surface area contributed by atoms with E-state index in [2.05, 4.69) is 20.4 Å². The van der Waals surface area contributed by atoms with Crippen LogP contribution < -0.4 is 10.6 Å². The number of hydrogen-bond acceptors (Lipinski definition) is 4. The van der Waals surface area contributed by atoms with Gasteiger partial charge in [-0.15, -0.1) is 0 Å². The molecule has 1 aromatic rings. The van der Waals surface area contributed by atoms with Gasteiger partial charge in [-0.05, 0) is 37.5 Å². The zero-order valence-corrected chi connectivity index (χ0v) is 17.6. The Kier molecular flexibility index (Phi) is 11.4. The minimum Gasteiger partial charge on any atom is -0.469 e. The third-order valence-corrected chi connectivity index (χ3v) is 4.20. The molecule has 0 aliphatic heterocycles. The number of hydrogen-bond donors (Lipinski definition) is 2. The zero-order chi connectivity index (χ0) is 20.8. The highest BCUT2D eigenvalue weighted by Crippen LogP contribution is 2.07. The molecule has 0 fully saturated rings. The van der Waals surface area contributed by atoms with Crippen molar-refractivity contribution < 1.29 is 14.3 Å². The van der Waals surface area contributed by atoms with Gasteiger partial charge in [-0.2, -0.15) is 0 Å². The van der Waals surface area contributed by atoms with Crippen molar-refractivity contribution in [2.45, 2.75) is 45.6 Å². The largest absolute Gasteiger partial charge is 0.469 e. The maximum Gasteiger partial charge on any atom is 0.305 e. The smallest absolute Gasteiger partial charge is 0.305 e. The van der Waals surface area contributed by atoms with Crippen molar-refractivity contribution in [3.8, 4) is 0 Å². The highest BCUT2D eigenvalue weighted by atomic mass is 16.5. The van der Waals surface area contributed by atoms with Crippen LogP contribution in [0.15, 0.2) is 29.3 Å². The van der Waals surface area contributed by atoms with Crippen LogP contribution >= 0.6 is 0 Å². The lowest BCUT2D eigenvalue weighted by Gasteiger charge is -2.12. The lowest BCUT2D eigenvalue weighted by atomic mass is 10.1. The molecule has 0 unspecified atom stereocenters. The van der Waals surface area contributed by atoms with Crippen molar-refractivity contribution in [1.29, 1.82) is 0 Å². The monoisotopic (exact) mass is 390 g/mol. The van der Waals surface area contributed by atoms with Crippen LogP contribution in [0.5, 0.6) is 0 Å². The lowest BCUT2D eigenvalue weighted by Crippen LogP contribution is -2.37. The molecule has 0 aromatic heterocycles. The Hall–Kier alpha value is -2.57. The molecule has 1 rings (SSSR count). The molecule has 1 aromatic carbocycles. The predicted molar refractivity (Wildman–Crippen MR) is 112 cm³/mol. The van der Waals surface area contributed by atoms with Gasteiger partial charge in [0.25, 0.3) is 5.91 Å². The summed E-state index contributed by atoms with van der Waals surface area (Å²) in [5.41, 5.74) is 1.73. The molecule has 0 atom stereocenters. The van der Waals surface area contributed by atoms with E-state index in [0.717, 1.165) is 50.3 Å². The van der Waals surface area contributed by atoms with Crippen LogP contribution in [0.2, 0.25) is 0 Å². The molecule has 0 radical (unpaired) electrons. The molecule has 0 bridgehead atoms. The van der Waals surface area contributed by atoms with Crippen LogP contribution in [0.25, 0.3) is 0 Å². The molecule has 0 aliphatic carbocycles. The number of guanidine groups is 1. The SMILES string of the molecule is CCNC(=NCc1ccc(C(=O)N(C)C)cc1)NCCCCCCC(=O)OC. The number of nitrogens with zero attached hydrogens (tertiary/aromatic N) is 2. The average molecular weight is 391 g/mol. The first-order valence-electron chi connectivity index (χ1n) is 9.87. The first kappa shape index (κ1) is 23.5. The van der Waals surface area contributed by atoms with Crippen molar-refractivity contribution in [3.63, 3.8) is 0 Å². The number of amides is 1. The van der Waals surface area contributed by atoms with Crippen LogP contribution in [0, 0.1) is 0 Å². The van der Waals surface area contributed by atoms with Crippen LogP contribution in [-0.4, -0.2) is 57.0 Å². The van der Waals surface area contributed by atoms with Gasteiger partial charge in [-0.25, -0.2) is 4.99 Å². The fourth-order valence-corrected chi connectivity index (χ4v) is 2.58. The number of carbonyl (C=O) groups excluding carboxylic acids is 2. The van der Waals surface area contributed by atoms with E-state index < -0.39 is 0 Å². The number of aliphatic imine (C=N–C) groups is 1. The number of unbranched alkanes of at least 4 members (excludes halogenated alkanes) is 3. The fourth-order valence-electron chi connectivity index (χ4n) is 2.58. The molecule has 2 N–H and O–H groups in total. The molecule has 28 heavy (non-hydrogen) atoms. The number of ether oxygens (including phenoxy) is 1. The number of carbonyl (C=O) groups is 2. The van der Waals surface area contributed by atoms with E-state index in [-0.39, 0.29) is 11.9 Å². The van der Waals surface area contributed by atoms with Crippen molar-refractivity contribution in [2.75, 3.05) is 34.3 Å². The second-order valence-corrected chi connectivity index (χ2v) is 6.76. The summed E-state index contributed by atoms with van der Waals surface area (Å²) in [4.78, 5) is 29.1. The van der Waals surface area contributed by atoms with Crippen LogP contribution in [0.3, 0.4) is 0 Å². The van der Waals surface area contributed by atoms with Gasteiger partial charge >= 0.3 is 5.97 Å². The van der Waals surface area contributed by atoms with E-state index in [1.54, 1.807) is 19.0 Å². The minimum absolute atomic E-state index is 0.00311. The third-order valence-electron chi connectivity index (χ3n) is 4.20. The summed E-state index contributed by atoms with van der Waals surface area (Å²) in [7, 11) is 4.91. The number of rotatable bonds is 11. The molecule has 0 saturated carbocycles. The first-order chi connectivity index (χ1) is 13.5. The normalized spacial score (nSPS) is 11.1. The molecular formula is C21H34N4O3. The maximum atomic E-state index is 11.9. The summed E-state index contributed by atoms with van der Waals surface area (Å²) in [6.45, 7) is 4.21. The fraction of sp³-hybridized carbons (Fsp3) is 0.571. The summed E-state index contributed by atoms with van der Waals surface area (Å²) < 4.78 is 4.63. The average Bonchev–Trinajstić information content (AvgIpc) is 2.70. The summed E-state index contributed by atoms with van der Waals surface area (Å²) in [5.74, 6) is 0.640. The van der Waals surface area contributed by atoms with Crippen molar-refractivity contribution in [2.24, 2.45) is 4.99 Å². The van der Waals surface area contributed by atoms with Crippen LogP contribution in [0.1, 0.15) is 54.9 Å². The van der Waals surface area contributed by atoms with Crippen molar-refractivity contribution in [1.82, 2.24) is 15.5 Å².